The van der Waals surface area contributed by atoms with Gasteiger partial charge in [0, 0.05) is 5.69 Å². The van der Waals surface area contributed by atoms with Gasteiger partial charge < -0.3 is 16.4 Å². The Morgan fingerprint density at radius 2 is 1.46 bits per heavy atom. The van der Waals surface area contributed by atoms with Crippen LogP contribution in [0.25, 0.3) is 0 Å². The summed E-state index contributed by atoms with van der Waals surface area (Å²) in [5.74, 6) is -1.90. The van der Waals surface area contributed by atoms with Gasteiger partial charge in [-0.2, -0.15) is 26.3 Å². The van der Waals surface area contributed by atoms with Crippen molar-refractivity contribution >= 4 is 17.5 Å². The Labute approximate surface area is 144 Å². The molecule has 0 radical (unpaired) electrons. The Balaban J connectivity index is 2.92. The van der Waals surface area contributed by atoms with Gasteiger partial charge in [-0.3, -0.25) is 9.59 Å². The van der Waals surface area contributed by atoms with Crippen molar-refractivity contribution in [3.63, 3.8) is 0 Å². The van der Waals surface area contributed by atoms with E-state index in [9.17, 15) is 35.9 Å². The van der Waals surface area contributed by atoms with Gasteiger partial charge in [-0.15, -0.1) is 0 Å². The van der Waals surface area contributed by atoms with Crippen molar-refractivity contribution in [3.8, 4) is 0 Å². The van der Waals surface area contributed by atoms with E-state index in [1.807, 2.05) is 5.32 Å². The highest BCUT2D eigenvalue weighted by Crippen LogP contribution is 2.37. The Hall–Kier alpha value is -2.30. The fourth-order valence-corrected chi connectivity index (χ4v) is 1.82. The fourth-order valence-electron chi connectivity index (χ4n) is 1.82. The van der Waals surface area contributed by atoms with E-state index in [-0.39, 0.29) is 12.0 Å². The number of hydrogen-bond acceptors (Lipinski definition) is 3. The lowest BCUT2D eigenvalue weighted by molar-refractivity contribution is -0.143. The average Bonchev–Trinajstić information content (AvgIpc) is 2.49. The number of rotatable bonds is 5. The predicted octanol–water partition coefficient (Wildman–Crippen LogP) is 2.76. The van der Waals surface area contributed by atoms with E-state index in [1.165, 1.54) is 0 Å². The molecule has 1 rings (SSSR count). The Kier molecular flexibility index (Phi) is 6.64. The molecule has 1 atom stereocenters. The first-order valence-electron chi connectivity index (χ1n) is 7.34. The zero-order valence-corrected chi connectivity index (χ0v) is 13.8. The van der Waals surface area contributed by atoms with Crippen LogP contribution < -0.4 is 16.4 Å². The molecule has 0 bridgehead atoms. The van der Waals surface area contributed by atoms with Crippen LogP contribution in [-0.2, 0) is 21.9 Å². The minimum atomic E-state index is -5.03. The summed E-state index contributed by atoms with van der Waals surface area (Å²) in [6.07, 6.45) is -10.1. The Morgan fingerprint density at radius 3 is 1.85 bits per heavy atom. The molecule has 0 unspecified atom stereocenters. The molecular weight excluding hydrogens is 368 g/mol. The molecule has 0 aliphatic heterocycles. The van der Waals surface area contributed by atoms with Gasteiger partial charge in [-0.25, -0.2) is 0 Å². The van der Waals surface area contributed by atoms with Crippen LogP contribution in [0.3, 0.4) is 0 Å². The molecule has 5 nitrogen and oxygen atoms in total. The van der Waals surface area contributed by atoms with E-state index in [4.69, 9.17) is 5.73 Å². The summed E-state index contributed by atoms with van der Waals surface area (Å²) in [6.45, 7) is 2.66. The van der Waals surface area contributed by atoms with Crippen molar-refractivity contribution in [2.45, 2.75) is 32.2 Å². The lowest BCUT2D eigenvalue weighted by Gasteiger charge is -2.16. The van der Waals surface area contributed by atoms with Crippen LogP contribution in [-0.4, -0.2) is 24.4 Å². The number of alkyl halides is 6. The van der Waals surface area contributed by atoms with E-state index in [1.54, 1.807) is 13.8 Å². The van der Waals surface area contributed by atoms with Crippen LogP contribution >= 0.6 is 0 Å². The van der Waals surface area contributed by atoms with Gasteiger partial charge in [0.05, 0.1) is 23.7 Å². The van der Waals surface area contributed by atoms with E-state index in [2.05, 4.69) is 5.32 Å². The first kappa shape index (κ1) is 21.7. The van der Waals surface area contributed by atoms with Crippen molar-refractivity contribution in [1.82, 2.24) is 5.32 Å². The third-order valence-corrected chi connectivity index (χ3v) is 3.32. The number of carbonyl (C=O) groups is 2. The van der Waals surface area contributed by atoms with Crippen molar-refractivity contribution in [2.24, 2.45) is 11.7 Å². The fraction of sp³-hybridized carbons (Fsp3) is 0.467. The summed E-state index contributed by atoms with van der Waals surface area (Å²) in [5.41, 5.74) is 1.72. The van der Waals surface area contributed by atoms with Crippen LogP contribution in [0.1, 0.15) is 25.0 Å². The van der Waals surface area contributed by atoms with Crippen molar-refractivity contribution < 1.29 is 35.9 Å². The van der Waals surface area contributed by atoms with Gasteiger partial charge >= 0.3 is 12.4 Å². The monoisotopic (exact) mass is 385 g/mol. The van der Waals surface area contributed by atoms with Crippen molar-refractivity contribution in [3.05, 3.63) is 29.3 Å². The molecule has 0 fully saturated rings. The maximum atomic E-state index is 12.7. The summed E-state index contributed by atoms with van der Waals surface area (Å²) in [5, 5.41) is 4.05. The zero-order valence-electron chi connectivity index (χ0n) is 13.8. The first-order valence-corrected chi connectivity index (χ1v) is 7.34. The van der Waals surface area contributed by atoms with Gasteiger partial charge in [0.25, 0.3) is 0 Å². The first-order chi connectivity index (χ1) is 11.7. The van der Waals surface area contributed by atoms with Crippen LogP contribution in [0.5, 0.6) is 0 Å². The highest BCUT2D eigenvalue weighted by molar-refractivity contribution is 5.95. The van der Waals surface area contributed by atoms with E-state index in [0.29, 0.717) is 12.1 Å². The highest BCUT2D eigenvalue weighted by atomic mass is 19.4. The van der Waals surface area contributed by atoms with E-state index in [0.717, 1.165) is 0 Å². The van der Waals surface area contributed by atoms with Crippen LogP contribution in [0.15, 0.2) is 18.2 Å². The standard InChI is InChI=1S/C15H17F6N3O2/c1-7(2)12(22)13(26)23-6-11(25)24-10-4-8(14(16,17)18)3-9(5-10)15(19,20)21/h3-5,7,12H,6,22H2,1-2H3,(H,23,26)(H,24,25)/t12-/m0/s1. The third-order valence-electron chi connectivity index (χ3n) is 3.32. The highest BCUT2D eigenvalue weighted by Gasteiger charge is 2.37. The molecule has 26 heavy (non-hydrogen) atoms. The number of nitrogens with one attached hydrogen (secondary N) is 2. The number of anilines is 1. The quantitative estimate of drug-likeness (QED) is 0.682. The second-order valence-corrected chi connectivity index (χ2v) is 5.83. The molecule has 0 aliphatic carbocycles. The Morgan fingerprint density at radius 1 is 1.00 bits per heavy atom. The number of carbonyl (C=O) groups excluding carboxylic acids is 2. The predicted molar refractivity (Wildman–Crippen MR) is 80.9 cm³/mol. The molecule has 0 heterocycles. The minimum Gasteiger partial charge on any atom is -0.346 e. The summed E-state index contributed by atoms with van der Waals surface area (Å²) >= 11 is 0. The molecule has 4 N–H and O–H groups in total. The average molecular weight is 385 g/mol. The van der Waals surface area contributed by atoms with Gasteiger partial charge in [0.1, 0.15) is 0 Å². The number of nitrogens with two attached hydrogens (primary N) is 1. The number of amides is 2. The van der Waals surface area contributed by atoms with Crippen LogP contribution in [0.4, 0.5) is 32.0 Å². The van der Waals surface area contributed by atoms with Gasteiger partial charge in [-0.1, -0.05) is 13.8 Å². The number of halogens is 6. The second kappa shape index (κ2) is 7.94. The van der Waals surface area contributed by atoms with Crippen LogP contribution in [0.2, 0.25) is 0 Å². The molecule has 11 heteroatoms. The molecule has 2 amide bonds. The SMILES string of the molecule is CC(C)[C@H](N)C(=O)NCC(=O)Nc1cc(C(F)(F)F)cc(C(F)(F)F)c1. The number of hydrogen-bond donors (Lipinski definition) is 3. The number of benzene rings is 1. The molecule has 0 saturated carbocycles. The lowest BCUT2D eigenvalue weighted by Crippen LogP contribution is -2.46. The largest absolute Gasteiger partial charge is 0.416 e. The maximum Gasteiger partial charge on any atom is 0.416 e. The lowest BCUT2D eigenvalue weighted by atomic mass is 10.1. The molecule has 0 aromatic heterocycles. The van der Waals surface area contributed by atoms with Gasteiger partial charge in [0.2, 0.25) is 11.8 Å². The molecule has 0 saturated heterocycles. The minimum absolute atomic E-state index is 0.0565. The molecular formula is C15H17F6N3O2. The smallest absolute Gasteiger partial charge is 0.346 e. The molecule has 146 valence electrons. The summed E-state index contributed by atoms with van der Waals surface area (Å²) in [4.78, 5) is 23.3. The summed E-state index contributed by atoms with van der Waals surface area (Å²) in [6, 6.07) is -0.226. The molecule has 1 aromatic carbocycles. The molecule has 0 spiro atoms. The zero-order chi connectivity index (χ0) is 20.3. The topological polar surface area (TPSA) is 84.2 Å². The summed E-state index contributed by atoms with van der Waals surface area (Å²) < 4.78 is 76.4. The normalized spacial score (nSPS) is 13.5. The van der Waals surface area contributed by atoms with Crippen LogP contribution in [0, 0.1) is 5.92 Å². The second-order valence-electron chi connectivity index (χ2n) is 5.83. The summed E-state index contributed by atoms with van der Waals surface area (Å²) in [7, 11) is 0. The molecule has 1 aromatic rings. The Bertz CT molecular complexity index is 638. The molecule has 0 aliphatic rings. The van der Waals surface area contributed by atoms with Crippen molar-refractivity contribution in [2.75, 3.05) is 11.9 Å². The van der Waals surface area contributed by atoms with Gasteiger partial charge in [0.15, 0.2) is 0 Å². The van der Waals surface area contributed by atoms with Crippen molar-refractivity contribution in [1.29, 1.82) is 0 Å². The maximum absolute atomic E-state index is 12.7. The van der Waals surface area contributed by atoms with E-state index < -0.39 is 53.6 Å². The van der Waals surface area contributed by atoms with Gasteiger partial charge in [-0.05, 0) is 24.1 Å². The van der Waals surface area contributed by atoms with E-state index >= 15 is 0 Å². The third kappa shape index (κ3) is 6.21.